The van der Waals surface area contributed by atoms with Gasteiger partial charge in [-0.25, -0.2) is 0 Å². The third-order valence-electron chi connectivity index (χ3n) is 4.10. The molecule has 2 N–H and O–H groups in total. The van der Waals surface area contributed by atoms with Gasteiger partial charge in [0.2, 0.25) is 5.91 Å². The maximum atomic E-state index is 12.3. The minimum absolute atomic E-state index is 0.00683. The SMILES string of the molecule is CC(NC(=O)CNc1cc(Cl)ccc1N1CCOCC1)c1cccs1. The van der Waals surface area contributed by atoms with E-state index >= 15 is 0 Å². The minimum atomic E-state index is -0.0474. The number of rotatable bonds is 6. The molecule has 0 bridgehead atoms. The Kier molecular flexibility index (Phi) is 6.18. The number of carbonyl (C=O) groups is 1. The highest BCUT2D eigenvalue weighted by Crippen LogP contribution is 2.29. The van der Waals surface area contributed by atoms with Crippen LogP contribution in [0.2, 0.25) is 5.02 Å². The fourth-order valence-electron chi connectivity index (χ4n) is 2.81. The zero-order valence-corrected chi connectivity index (χ0v) is 15.7. The lowest BCUT2D eigenvalue weighted by atomic mass is 10.2. The van der Waals surface area contributed by atoms with E-state index in [1.54, 1.807) is 11.3 Å². The highest BCUT2D eigenvalue weighted by atomic mass is 35.5. The first-order valence-electron chi connectivity index (χ1n) is 8.32. The number of carbonyl (C=O) groups excluding carboxylic acids is 1. The van der Waals surface area contributed by atoms with Gasteiger partial charge in [-0.15, -0.1) is 11.3 Å². The number of halogens is 1. The zero-order valence-electron chi connectivity index (χ0n) is 14.1. The van der Waals surface area contributed by atoms with Crippen molar-refractivity contribution in [3.05, 3.63) is 45.6 Å². The molecule has 2 heterocycles. The standard InChI is InChI=1S/C18H22ClN3O2S/c1-13(17-3-2-10-25-17)21-18(23)12-20-15-11-14(19)4-5-16(15)22-6-8-24-9-7-22/h2-5,10-11,13,20H,6-9,12H2,1H3,(H,21,23). The van der Waals surface area contributed by atoms with Crippen molar-refractivity contribution in [3.8, 4) is 0 Å². The van der Waals surface area contributed by atoms with Gasteiger partial charge in [0.05, 0.1) is 37.2 Å². The zero-order chi connectivity index (χ0) is 17.6. The number of thiophene rings is 1. The molecule has 25 heavy (non-hydrogen) atoms. The van der Waals surface area contributed by atoms with Gasteiger partial charge in [0.15, 0.2) is 0 Å². The van der Waals surface area contributed by atoms with Crippen LogP contribution in [0.4, 0.5) is 11.4 Å². The number of nitrogens with one attached hydrogen (secondary N) is 2. The highest BCUT2D eigenvalue weighted by molar-refractivity contribution is 7.10. The van der Waals surface area contributed by atoms with Gasteiger partial charge in [0, 0.05) is 23.0 Å². The van der Waals surface area contributed by atoms with Crippen LogP contribution in [-0.2, 0) is 9.53 Å². The van der Waals surface area contributed by atoms with Gasteiger partial charge in [-0.3, -0.25) is 4.79 Å². The second-order valence-corrected chi connectivity index (χ2v) is 7.33. The molecule has 1 amide bonds. The Balaban J connectivity index is 1.61. The van der Waals surface area contributed by atoms with E-state index < -0.39 is 0 Å². The first kappa shape index (κ1) is 18.0. The lowest BCUT2D eigenvalue weighted by Crippen LogP contribution is -2.37. The summed E-state index contributed by atoms with van der Waals surface area (Å²) >= 11 is 7.78. The normalized spacial score (nSPS) is 15.7. The largest absolute Gasteiger partial charge is 0.378 e. The van der Waals surface area contributed by atoms with Crippen LogP contribution in [0.5, 0.6) is 0 Å². The molecule has 1 aliphatic rings. The summed E-state index contributed by atoms with van der Waals surface area (Å²) in [7, 11) is 0. The predicted octanol–water partition coefficient (Wildman–Crippen LogP) is 3.53. The summed E-state index contributed by atoms with van der Waals surface area (Å²) < 4.78 is 5.41. The molecular weight excluding hydrogens is 358 g/mol. The number of amides is 1. The second kappa shape index (κ2) is 8.56. The van der Waals surface area contributed by atoms with Crippen LogP contribution in [-0.4, -0.2) is 38.8 Å². The third-order valence-corrected chi connectivity index (χ3v) is 5.39. The fraction of sp³-hybridized carbons (Fsp3) is 0.389. The first-order valence-corrected chi connectivity index (χ1v) is 9.58. The van der Waals surface area contributed by atoms with Crippen LogP contribution in [0.3, 0.4) is 0 Å². The summed E-state index contributed by atoms with van der Waals surface area (Å²) in [6.45, 7) is 5.27. The number of benzene rings is 1. The molecule has 5 nitrogen and oxygen atoms in total. The number of ether oxygens (including phenoxy) is 1. The van der Waals surface area contributed by atoms with Crippen molar-refractivity contribution in [3.63, 3.8) is 0 Å². The molecule has 1 saturated heterocycles. The van der Waals surface area contributed by atoms with Gasteiger partial charge in [-0.2, -0.15) is 0 Å². The Morgan fingerprint density at radius 1 is 1.36 bits per heavy atom. The molecular formula is C18H22ClN3O2S. The average Bonchev–Trinajstić information content (AvgIpc) is 3.15. The molecule has 0 aliphatic carbocycles. The van der Waals surface area contributed by atoms with E-state index in [-0.39, 0.29) is 18.5 Å². The molecule has 134 valence electrons. The summed E-state index contributed by atoms with van der Waals surface area (Å²) in [5.41, 5.74) is 1.92. The van der Waals surface area contributed by atoms with Crippen molar-refractivity contribution in [2.75, 3.05) is 43.1 Å². The van der Waals surface area contributed by atoms with E-state index in [4.69, 9.17) is 16.3 Å². The van der Waals surface area contributed by atoms with Crippen molar-refractivity contribution >= 4 is 40.2 Å². The topological polar surface area (TPSA) is 53.6 Å². The molecule has 2 aromatic rings. The van der Waals surface area contributed by atoms with Crippen LogP contribution in [0, 0.1) is 0 Å². The summed E-state index contributed by atoms with van der Waals surface area (Å²) in [5, 5.41) is 8.89. The molecule has 1 aliphatic heterocycles. The Bertz CT molecular complexity index is 702. The highest BCUT2D eigenvalue weighted by Gasteiger charge is 2.16. The Hall–Kier alpha value is -1.76. The number of hydrogen-bond acceptors (Lipinski definition) is 5. The van der Waals surface area contributed by atoms with Crippen molar-refractivity contribution in [2.24, 2.45) is 0 Å². The van der Waals surface area contributed by atoms with Gasteiger partial charge >= 0.3 is 0 Å². The van der Waals surface area contributed by atoms with E-state index in [0.29, 0.717) is 18.2 Å². The van der Waals surface area contributed by atoms with Crippen molar-refractivity contribution < 1.29 is 9.53 Å². The van der Waals surface area contributed by atoms with E-state index in [2.05, 4.69) is 15.5 Å². The van der Waals surface area contributed by atoms with Gasteiger partial charge in [-0.05, 0) is 36.6 Å². The molecule has 1 fully saturated rings. The lowest BCUT2D eigenvalue weighted by Gasteiger charge is -2.30. The molecule has 3 rings (SSSR count). The van der Waals surface area contributed by atoms with Crippen LogP contribution in [0.1, 0.15) is 17.8 Å². The number of anilines is 2. The van der Waals surface area contributed by atoms with Gasteiger partial charge < -0.3 is 20.3 Å². The molecule has 1 atom stereocenters. The lowest BCUT2D eigenvalue weighted by molar-refractivity contribution is -0.120. The van der Waals surface area contributed by atoms with Gasteiger partial charge in [0.25, 0.3) is 0 Å². The maximum Gasteiger partial charge on any atom is 0.239 e. The van der Waals surface area contributed by atoms with E-state index in [1.165, 1.54) is 0 Å². The Labute approximate surface area is 156 Å². The molecule has 1 aromatic carbocycles. The molecule has 0 saturated carbocycles. The monoisotopic (exact) mass is 379 g/mol. The van der Waals surface area contributed by atoms with Gasteiger partial charge in [0.1, 0.15) is 0 Å². The molecule has 1 unspecified atom stereocenters. The van der Waals surface area contributed by atoms with E-state index in [9.17, 15) is 4.79 Å². The summed E-state index contributed by atoms with van der Waals surface area (Å²) in [6, 6.07) is 9.74. The second-order valence-electron chi connectivity index (χ2n) is 5.92. The molecule has 0 spiro atoms. The third kappa shape index (κ3) is 4.87. The van der Waals surface area contributed by atoms with Crippen molar-refractivity contribution in [1.29, 1.82) is 0 Å². The minimum Gasteiger partial charge on any atom is -0.378 e. The predicted molar refractivity (Wildman–Crippen MR) is 104 cm³/mol. The van der Waals surface area contributed by atoms with Crippen molar-refractivity contribution in [2.45, 2.75) is 13.0 Å². The fourth-order valence-corrected chi connectivity index (χ4v) is 3.71. The van der Waals surface area contributed by atoms with Crippen LogP contribution >= 0.6 is 22.9 Å². The maximum absolute atomic E-state index is 12.3. The Morgan fingerprint density at radius 3 is 2.88 bits per heavy atom. The van der Waals surface area contributed by atoms with Crippen LogP contribution in [0.15, 0.2) is 35.7 Å². The van der Waals surface area contributed by atoms with Crippen molar-refractivity contribution in [1.82, 2.24) is 5.32 Å². The quantitative estimate of drug-likeness (QED) is 0.806. The summed E-state index contributed by atoms with van der Waals surface area (Å²) in [4.78, 5) is 15.6. The average molecular weight is 380 g/mol. The number of morpholine rings is 1. The first-order chi connectivity index (χ1) is 12.1. The number of nitrogens with zero attached hydrogens (tertiary/aromatic N) is 1. The van der Waals surface area contributed by atoms with Crippen LogP contribution in [0.25, 0.3) is 0 Å². The van der Waals surface area contributed by atoms with Crippen LogP contribution < -0.4 is 15.5 Å². The molecule has 7 heteroatoms. The summed E-state index contributed by atoms with van der Waals surface area (Å²) in [6.07, 6.45) is 0. The summed E-state index contributed by atoms with van der Waals surface area (Å²) in [5.74, 6) is -0.0474. The smallest absolute Gasteiger partial charge is 0.239 e. The molecule has 1 aromatic heterocycles. The van der Waals surface area contributed by atoms with Gasteiger partial charge in [-0.1, -0.05) is 17.7 Å². The Morgan fingerprint density at radius 2 is 2.16 bits per heavy atom. The van der Waals surface area contributed by atoms with E-state index in [1.807, 2.05) is 42.6 Å². The van der Waals surface area contributed by atoms with E-state index in [0.717, 1.165) is 29.3 Å². The molecule has 0 radical (unpaired) electrons. The number of hydrogen-bond donors (Lipinski definition) is 2.